The fraction of sp³-hybridized carbons (Fsp3) is 0.529. The summed E-state index contributed by atoms with van der Waals surface area (Å²) in [4.78, 5) is 24.3. The van der Waals surface area contributed by atoms with Gasteiger partial charge in [-0.15, -0.1) is 0 Å². The topological polar surface area (TPSA) is 78.4 Å². The van der Waals surface area contributed by atoms with Gasteiger partial charge >= 0.3 is 0 Å². The van der Waals surface area contributed by atoms with Crippen LogP contribution in [0.4, 0.5) is 4.39 Å². The second kappa shape index (κ2) is 6.56. The molecule has 0 aromatic heterocycles. The van der Waals surface area contributed by atoms with Crippen molar-refractivity contribution in [1.29, 1.82) is 0 Å². The number of carbonyl (C=O) groups excluding carboxylic acids is 2. The number of halogens is 1. The van der Waals surface area contributed by atoms with Gasteiger partial charge in [-0.25, -0.2) is 4.39 Å². The standard InChI is InChI=1S/C17H21FN2O3/c18-11-4-7-15(21)14(9-11)17(23)20-13-3-1-2-10(8-13)16(22)19-12-5-6-12/h4,7,9-10,12-13,21H,1-3,5-6,8H2,(H,19,22)(H,20,23)/t10-,13-/m0/s1. The minimum absolute atomic E-state index is 0.0695. The Morgan fingerprint density at radius 3 is 2.61 bits per heavy atom. The monoisotopic (exact) mass is 320 g/mol. The Morgan fingerprint density at radius 1 is 1.09 bits per heavy atom. The van der Waals surface area contributed by atoms with Gasteiger partial charge in [0.1, 0.15) is 11.6 Å². The van der Waals surface area contributed by atoms with Gasteiger partial charge in [0, 0.05) is 18.0 Å². The molecule has 0 heterocycles. The summed E-state index contributed by atoms with van der Waals surface area (Å²) in [6.45, 7) is 0. The molecule has 0 bridgehead atoms. The van der Waals surface area contributed by atoms with Crippen molar-refractivity contribution in [3.63, 3.8) is 0 Å². The summed E-state index contributed by atoms with van der Waals surface area (Å²) in [5.41, 5.74) is -0.0745. The van der Waals surface area contributed by atoms with E-state index in [0.717, 1.165) is 50.3 Å². The minimum Gasteiger partial charge on any atom is -0.507 e. The van der Waals surface area contributed by atoms with Crippen LogP contribution >= 0.6 is 0 Å². The Bertz CT molecular complexity index is 616. The predicted octanol–water partition coefficient (Wildman–Crippen LogP) is 2.10. The van der Waals surface area contributed by atoms with E-state index >= 15 is 0 Å². The smallest absolute Gasteiger partial charge is 0.255 e. The summed E-state index contributed by atoms with van der Waals surface area (Å²) in [7, 11) is 0. The average Bonchev–Trinajstić information content (AvgIpc) is 3.34. The number of phenols is 1. The zero-order chi connectivity index (χ0) is 16.4. The Kier molecular flexibility index (Phi) is 4.50. The van der Waals surface area contributed by atoms with Gasteiger partial charge in [-0.1, -0.05) is 6.42 Å². The van der Waals surface area contributed by atoms with Crippen molar-refractivity contribution >= 4 is 11.8 Å². The first-order valence-electron chi connectivity index (χ1n) is 8.12. The normalized spacial score (nSPS) is 24.0. The predicted molar refractivity (Wildman–Crippen MR) is 82.4 cm³/mol. The molecule has 2 amide bonds. The average molecular weight is 320 g/mol. The molecule has 2 aliphatic rings. The van der Waals surface area contributed by atoms with Gasteiger partial charge < -0.3 is 15.7 Å². The molecule has 23 heavy (non-hydrogen) atoms. The summed E-state index contributed by atoms with van der Waals surface area (Å²) < 4.78 is 13.2. The van der Waals surface area contributed by atoms with E-state index in [9.17, 15) is 19.1 Å². The van der Waals surface area contributed by atoms with Crippen molar-refractivity contribution in [2.24, 2.45) is 5.92 Å². The Hall–Kier alpha value is -2.11. The number of hydrogen-bond acceptors (Lipinski definition) is 3. The van der Waals surface area contributed by atoms with E-state index in [-0.39, 0.29) is 29.2 Å². The molecule has 2 atom stereocenters. The van der Waals surface area contributed by atoms with Crippen LogP contribution in [0, 0.1) is 11.7 Å². The lowest BCUT2D eigenvalue weighted by Gasteiger charge is -2.29. The van der Waals surface area contributed by atoms with Crippen molar-refractivity contribution in [1.82, 2.24) is 10.6 Å². The van der Waals surface area contributed by atoms with E-state index in [4.69, 9.17) is 0 Å². The van der Waals surface area contributed by atoms with Crippen molar-refractivity contribution in [3.05, 3.63) is 29.6 Å². The number of aromatic hydroxyl groups is 1. The van der Waals surface area contributed by atoms with Crippen LogP contribution in [0.1, 0.15) is 48.9 Å². The molecule has 3 rings (SSSR count). The molecular formula is C17H21FN2O3. The van der Waals surface area contributed by atoms with Crippen LogP contribution < -0.4 is 10.6 Å². The summed E-state index contributed by atoms with van der Waals surface area (Å²) >= 11 is 0. The van der Waals surface area contributed by atoms with Gasteiger partial charge in [0.2, 0.25) is 5.91 Å². The van der Waals surface area contributed by atoms with Crippen LogP contribution in [0.25, 0.3) is 0 Å². The molecule has 2 saturated carbocycles. The molecule has 0 aliphatic heterocycles. The molecule has 6 heteroatoms. The number of amides is 2. The maximum Gasteiger partial charge on any atom is 0.255 e. The van der Waals surface area contributed by atoms with E-state index in [1.165, 1.54) is 0 Å². The third kappa shape index (κ3) is 4.00. The number of carbonyl (C=O) groups is 2. The minimum atomic E-state index is -0.571. The van der Waals surface area contributed by atoms with Crippen LogP contribution in [0.2, 0.25) is 0 Å². The van der Waals surface area contributed by atoms with Gasteiger partial charge in [0.15, 0.2) is 0 Å². The van der Waals surface area contributed by atoms with E-state index < -0.39 is 11.7 Å². The van der Waals surface area contributed by atoms with Crippen molar-refractivity contribution in [2.75, 3.05) is 0 Å². The molecule has 2 fully saturated rings. The fourth-order valence-electron chi connectivity index (χ4n) is 3.06. The molecule has 0 spiro atoms. The molecule has 2 aliphatic carbocycles. The summed E-state index contributed by atoms with van der Waals surface area (Å²) in [5, 5.41) is 15.5. The Morgan fingerprint density at radius 2 is 1.87 bits per heavy atom. The molecule has 1 aromatic carbocycles. The first-order valence-corrected chi connectivity index (χ1v) is 8.12. The molecule has 124 valence electrons. The molecule has 0 radical (unpaired) electrons. The summed E-state index contributed by atoms with van der Waals surface area (Å²) in [6.07, 6.45) is 5.17. The van der Waals surface area contributed by atoms with Gasteiger partial charge in [0.25, 0.3) is 5.91 Å². The van der Waals surface area contributed by atoms with E-state index in [0.29, 0.717) is 12.5 Å². The second-order valence-electron chi connectivity index (χ2n) is 6.48. The van der Waals surface area contributed by atoms with Crippen LogP contribution in [0.15, 0.2) is 18.2 Å². The van der Waals surface area contributed by atoms with Gasteiger partial charge in [0.05, 0.1) is 5.56 Å². The highest BCUT2D eigenvalue weighted by Gasteiger charge is 2.32. The summed E-state index contributed by atoms with van der Waals surface area (Å²) in [5.74, 6) is -1.34. The number of phenolic OH excluding ortho intramolecular Hbond substituents is 1. The van der Waals surface area contributed by atoms with Crippen LogP contribution in [-0.2, 0) is 4.79 Å². The largest absolute Gasteiger partial charge is 0.507 e. The zero-order valence-electron chi connectivity index (χ0n) is 12.8. The van der Waals surface area contributed by atoms with E-state index in [2.05, 4.69) is 10.6 Å². The highest BCUT2D eigenvalue weighted by Crippen LogP contribution is 2.27. The second-order valence-corrected chi connectivity index (χ2v) is 6.48. The zero-order valence-corrected chi connectivity index (χ0v) is 12.8. The lowest BCUT2D eigenvalue weighted by molar-refractivity contribution is -0.126. The highest BCUT2D eigenvalue weighted by molar-refractivity contribution is 5.97. The maximum absolute atomic E-state index is 13.2. The maximum atomic E-state index is 13.2. The van der Waals surface area contributed by atoms with Crippen molar-refractivity contribution in [2.45, 2.75) is 50.6 Å². The third-order valence-corrected chi connectivity index (χ3v) is 4.51. The number of nitrogens with one attached hydrogen (secondary N) is 2. The third-order valence-electron chi connectivity index (χ3n) is 4.51. The molecule has 0 unspecified atom stereocenters. The molecule has 5 nitrogen and oxygen atoms in total. The molecule has 3 N–H and O–H groups in total. The SMILES string of the molecule is O=C(N[C@H]1CCC[C@H](C(=O)NC2CC2)C1)c1cc(F)ccc1O. The fourth-order valence-corrected chi connectivity index (χ4v) is 3.06. The lowest BCUT2D eigenvalue weighted by Crippen LogP contribution is -2.42. The van der Waals surface area contributed by atoms with Gasteiger partial charge in [-0.3, -0.25) is 9.59 Å². The van der Waals surface area contributed by atoms with E-state index in [1.54, 1.807) is 0 Å². The molecule has 0 saturated heterocycles. The number of benzene rings is 1. The van der Waals surface area contributed by atoms with Crippen LogP contribution in [0.5, 0.6) is 5.75 Å². The Labute approximate surface area is 134 Å². The first kappa shape index (κ1) is 15.8. The van der Waals surface area contributed by atoms with E-state index in [1.807, 2.05) is 0 Å². The van der Waals surface area contributed by atoms with Crippen LogP contribution in [-0.4, -0.2) is 29.0 Å². The lowest BCUT2D eigenvalue weighted by atomic mass is 9.85. The van der Waals surface area contributed by atoms with Crippen LogP contribution in [0.3, 0.4) is 0 Å². The van der Waals surface area contributed by atoms with Crippen molar-refractivity contribution < 1.29 is 19.1 Å². The first-order chi connectivity index (χ1) is 11.0. The van der Waals surface area contributed by atoms with Gasteiger partial charge in [-0.2, -0.15) is 0 Å². The quantitative estimate of drug-likeness (QED) is 0.795. The number of hydrogen-bond donors (Lipinski definition) is 3. The van der Waals surface area contributed by atoms with Gasteiger partial charge in [-0.05, 0) is 50.3 Å². The summed E-state index contributed by atoms with van der Waals surface area (Å²) in [6, 6.07) is 3.49. The number of rotatable bonds is 4. The molecule has 1 aromatic rings. The Balaban J connectivity index is 1.59. The molecular weight excluding hydrogens is 299 g/mol. The van der Waals surface area contributed by atoms with Crippen molar-refractivity contribution in [3.8, 4) is 5.75 Å². The highest BCUT2D eigenvalue weighted by atomic mass is 19.1.